The average Bonchev–Trinajstić information content (AvgIpc) is 2.89. The van der Waals surface area contributed by atoms with Crippen LogP contribution in [-0.2, 0) is 0 Å². The third kappa shape index (κ3) is 8.51. The van der Waals surface area contributed by atoms with Crippen molar-refractivity contribution in [2.75, 3.05) is 0 Å². The number of halogens is 4. The van der Waals surface area contributed by atoms with Crippen LogP contribution in [0.5, 0.6) is 0 Å². The standard InChI is InChI=1S/2C15H10Cl2O/c2*16-13-8-6-11(14(17)10-13)7-9-15(18)12-4-2-1-3-5-12/h2*1-10H/b2*9-7+. The molecule has 0 atom stereocenters. The molecule has 4 rings (SSSR count). The Labute approximate surface area is 230 Å². The maximum absolute atomic E-state index is 11.8. The van der Waals surface area contributed by atoms with Crippen molar-refractivity contribution >= 4 is 70.1 Å². The first-order valence-electron chi connectivity index (χ1n) is 10.8. The van der Waals surface area contributed by atoms with Gasteiger partial charge in [0.2, 0.25) is 0 Å². The second-order valence-electron chi connectivity index (χ2n) is 7.46. The summed E-state index contributed by atoms with van der Waals surface area (Å²) in [6, 6.07) is 28.5. The van der Waals surface area contributed by atoms with Gasteiger partial charge in [0.25, 0.3) is 0 Å². The van der Waals surface area contributed by atoms with Gasteiger partial charge in [0.15, 0.2) is 11.6 Å². The van der Waals surface area contributed by atoms with E-state index in [-0.39, 0.29) is 11.6 Å². The van der Waals surface area contributed by atoms with E-state index in [1.165, 1.54) is 12.2 Å². The van der Waals surface area contributed by atoms with Crippen LogP contribution in [0.1, 0.15) is 31.8 Å². The Kier molecular flexibility index (Phi) is 10.5. The molecule has 180 valence electrons. The van der Waals surface area contributed by atoms with E-state index >= 15 is 0 Å². The number of benzene rings is 4. The van der Waals surface area contributed by atoms with E-state index in [1.807, 2.05) is 36.4 Å². The van der Waals surface area contributed by atoms with Crippen LogP contribution in [0.2, 0.25) is 20.1 Å². The summed E-state index contributed by atoms with van der Waals surface area (Å²) in [5, 5.41) is 2.21. The van der Waals surface area contributed by atoms with E-state index < -0.39 is 0 Å². The van der Waals surface area contributed by atoms with E-state index in [4.69, 9.17) is 46.4 Å². The lowest BCUT2D eigenvalue weighted by Crippen LogP contribution is -1.92. The van der Waals surface area contributed by atoms with Crippen LogP contribution in [0.3, 0.4) is 0 Å². The van der Waals surface area contributed by atoms with Crippen molar-refractivity contribution in [1.29, 1.82) is 0 Å². The molecule has 0 unspecified atom stereocenters. The molecule has 0 amide bonds. The highest BCUT2D eigenvalue weighted by molar-refractivity contribution is 6.36. The van der Waals surface area contributed by atoms with Crippen LogP contribution in [0.25, 0.3) is 12.2 Å². The molecule has 0 bridgehead atoms. The van der Waals surface area contributed by atoms with Crippen LogP contribution in [0, 0.1) is 0 Å². The van der Waals surface area contributed by atoms with E-state index in [1.54, 1.807) is 72.8 Å². The fourth-order valence-electron chi connectivity index (χ4n) is 3.00. The van der Waals surface area contributed by atoms with Gasteiger partial charge in [-0.25, -0.2) is 0 Å². The molecule has 0 radical (unpaired) electrons. The summed E-state index contributed by atoms with van der Waals surface area (Å²) < 4.78 is 0. The first-order chi connectivity index (χ1) is 17.3. The Hall–Kier alpha value is -3.14. The maximum Gasteiger partial charge on any atom is 0.185 e. The highest BCUT2D eigenvalue weighted by Gasteiger charge is 2.03. The SMILES string of the molecule is O=C(/C=C/c1ccc(Cl)cc1Cl)c1ccccc1.O=C(/C=C/c1ccc(Cl)cc1Cl)c1ccccc1. The summed E-state index contributed by atoms with van der Waals surface area (Å²) in [5.41, 5.74) is 2.84. The van der Waals surface area contributed by atoms with Gasteiger partial charge in [-0.05, 0) is 59.7 Å². The fraction of sp³-hybridized carbons (Fsp3) is 0. The molecule has 0 N–H and O–H groups in total. The van der Waals surface area contributed by atoms with Gasteiger partial charge in [-0.15, -0.1) is 0 Å². The number of ketones is 2. The van der Waals surface area contributed by atoms with Gasteiger partial charge in [0, 0.05) is 31.2 Å². The zero-order valence-electron chi connectivity index (χ0n) is 18.9. The minimum absolute atomic E-state index is 0.0541. The van der Waals surface area contributed by atoms with Crippen molar-refractivity contribution in [3.8, 4) is 0 Å². The Morgan fingerprint density at radius 3 is 1.19 bits per heavy atom. The lowest BCUT2D eigenvalue weighted by molar-refractivity contribution is 0.103. The molecule has 0 saturated carbocycles. The predicted molar refractivity (Wildman–Crippen MR) is 153 cm³/mol. The molecule has 0 fully saturated rings. The van der Waals surface area contributed by atoms with E-state index in [2.05, 4.69) is 0 Å². The molecule has 2 nitrogen and oxygen atoms in total. The first kappa shape index (κ1) is 27.4. The Balaban J connectivity index is 0.000000201. The summed E-state index contributed by atoms with van der Waals surface area (Å²) in [4.78, 5) is 23.7. The molecule has 4 aromatic carbocycles. The molecular weight excluding hydrogens is 534 g/mol. The minimum atomic E-state index is -0.0541. The molecule has 0 aliphatic heterocycles. The summed E-state index contributed by atoms with van der Waals surface area (Å²) in [6.45, 7) is 0. The minimum Gasteiger partial charge on any atom is -0.289 e. The van der Waals surface area contributed by atoms with Crippen LogP contribution in [0.15, 0.2) is 109 Å². The van der Waals surface area contributed by atoms with Crippen molar-refractivity contribution < 1.29 is 9.59 Å². The van der Waals surface area contributed by atoms with Gasteiger partial charge in [-0.3, -0.25) is 9.59 Å². The second kappa shape index (κ2) is 13.8. The molecule has 0 spiro atoms. The normalized spacial score (nSPS) is 10.8. The monoisotopic (exact) mass is 552 g/mol. The maximum atomic E-state index is 11.8. The highest BCUT2D eigenvalue weighted by Crippen LogP contribution is 2.23. The van der Waals surface area contributed by atoms with Crippen LogP contribution in [-0.4, -0.2) is 11.6 Å². The van der Waals surface area contributed by atoms with Crippen LogP contribution in [0.4, 0.5) is 0 Å². The molecule has 0 aliphatic carbocycles. The average molecular weight is 554 g/mol. The number of hydrogen-bond donors (Lipinski definition) is 0. The lowest BCUT2D eigenvalue weighted by Gasteiger charge is -1.98. The van der Waals surface area contributed by atoms with E-state index in [9.17, 15) is 9.59 Å². The predicted octanol–water partition coefficient (Wildman–Crippen LogP) is 9.78. The molecular formula is C30H20Cl4O2. The van der Waals surface area contributed by atoms with Crippen LogP contribution >= 0.6 is 46.4 Å². The third-order valence-corrected chi connectivity index (χ3v) is 5.99. The molecule has 0 aromatic heterocycles. The molecule has 0 saturated heterocycles. The van der Waals surface area contributed by atoms with Gasteiger partial charge in [0.1, 0.15) is 0 Å². The number of hydrogen-bond acceptors (Lipinski definition) is 2. The number of carbonyl (C=O) groups excluding carboxylic acids is 2. The zero-order valence-corrected chi connectivity index (χ0v) is 21.9. The number of carbonyl (C=O) groups is 2. The Bertz CT molecular complexity index is 1290. The van der Waals surface area contributed by atoms with E-state index in [0.29, 0.717) is 31.2 Å². The van der Waals surface area contributed by atoms with Gasteiger partial charge < -0.3 is 0 Å². The van der Waals surface area contributed by atoms with Crippen LogP contribution < -0.4 is 0 Å². The summed E-state index contributed by atoms with van der Waals surface area (Å²) in [7, 11) is 0. The van der Waals surface area contributed by atoms with Gasteiger partial charge >= 0.3 is 0 Å². The topological polar surface area (TPSA) is 34.1 Å². The molecule has 36 heavy (non-hydrogen) atoms. The van der Waals surface area contributed by atoms with Crippen molar-refractivity contribution in [3.63, 3.8) is 0 Å². The first-order valence-corrected chi connectivity index (χ1v) is 12.3. The van der Waals surface area contributed by atoms with Crippen molar-refractivity contribution in [1.82, 2.24) is 0 Å². The van der Waals surface area contributed by atoms with Crippen molar-refractivity contribution in [3.05, 3.63) is 152 Å². The van der Waals surface area contributed by atoms with Gasteiger partial charge in [0.05, 0.1) is 0 Å². The Morgan fingerprint density at radius 2 is 0.861 bits per heavy atom. The van der Waals surface area contributed by atoms with Gasteiger partial charge in [-0.2, -0.15) is 0 Å². The zero-order chi connectivity index (χ0) is 25.9. The smallest absolute Gasteiger partial charge is 0.185 e. The summed E-state index contributed by atoms with van der Waals surface area (Å²) >= 11 is 23.6. The molecule has 0 heterocycles. The van der Waals surface area contributed by atoms with E-state index in [0.717, 1.165) is 11.1 Å². The quantitative estimate of drug-likeness (QED) is 0.176. The third-order valence-electron chi connectivity index (χ3n) is 4.87. The van der Waals surface area contributed by atoms with Gasteiger partial charge in [-0.1, -0.05) is 119 Å². The second-order valence-corrected chi connectivity index (χ2v) is 9.15. The van der Waals surface area contributed by atoms with Crippen molar-refractivity contribution in [2.24, 2.45) is 0 Å². The summed E-state index contributed by atoms with van der Waals surface area (Å²) in [5.74, 6) is -0.108. The summed E-state index contributed by atoms with van der Waals surface area (Å²) in [6.07, 6.45) is 6.39. The largest absolute Gasteiger partial charge is 0.289 e. The molecule has 4 aromatic rings. The highest BCUT2D eigenvalue weighted by atomic mass is 35.5. The Morgan fingerprint density at radius 1 is 0.500 bits per heavy atom. The number of rotatable bonds is 6. The number of allylic oxidation sites excluding steroid dienone is 2. The van der Waals surface area contributed by atoms with Crippen molar-refractivity contribution in [2.45, 2.75) is 0 Å². The molecule has 6 heteroatoms. The lowest BCUT2D eigenvalue weighted by atomic mass is 10.1. The fourth-order valence-corrected chi connectivity index (χ4v) is 3.94. The molecule has 0 aliphatic rings.